The zero-order valence-electron chi connectivity index (χ0n) is 16.2. The predicted octanol–water partition coefficient (Wildman–Crippen LogP) is 4.41. The van der Waals surface area contributed by atoms with Crippen LogP contribution in [0.2, 0.25) is 0 Å². The second-order valence-corrected chi connectivity index (χ2v) is 7.78. The van der Waals surface area contributed by atoms with Gasteiger partial charge < -0.3 is 14.8 Å². The van der Waals surface area contributed by atoms with Crippen molar-refractivity contribution in [1.82, 2.24) is 5.32 Å². The molecule has 26 heavy (non-hydrogen) atoms. The minimum atomic E-state index is -0.325. The Morgan fingerprint density at radius 2 is 1.85 bits per heavy atom. The summed E-state index contributed by atoms with van der Waals surface area (Å²) in [6.45, 7) is 10.1. The number of aryl methyl sites for hydroxylation is 3. The summed E-state index contributed by atoms with van der Waals surface area (Å²) < 4.78 is 11.8. The molecule has 1 unspecified atom stereocenters. The number of amides is 1. The van der Waals surface area contributed by atoms with Crippen molar-refractivity contribution < 1.29 is 14.3 Å². The molecule has 4 nitrogen and oxygen atoms in total. The van der Waals surface area contributed by atoms with Crippen LogP contribution in [-0.4, -0.2) is 18.1 Å². The lowest BCUT2D eigenvalue weighted by Crippen LogP contribution is -2.42. The van der Waals surface area contributed by atoms with E-state index in [0.717, 1.165) is 40.2 Å². The maximum atomic E-state index is 12.5. The van der Waals surface area contributed by atoms with E-state index in [1.807, 2.05) is 65.0 Å². The van der Waals surface area contributed by atoms with Crippen LogP contribution >= 0.6 is 0 Å². The summed E-state index contributed by atoms with van der Waals surface area (Å²) in [6.07, 6.45) is 0.721. The Hall–Kier alpha value is -2.49. The predicted molar refractivity (Wildman–Crippen MR) is 103 cm³/mol. The smallest absolute Gasteiger partial charge is 0.258 e. The number of hydrogen-bond acceptors (Lipinski definition) is 3. The van der Waals surface area contributed by atoms with E-state index in [4.69, 9.17) is 9.47 Å². The van der Waals surface area contributed by atoms with Crippen LogP contribution in [0.3, 0.4) is 0 Å². The molecule has 1 amide bonds. The summed E-state index contributed by atoms with van der Waals surface area (Å²) in [6, 6.07) is 12.0. The zero-order valence-corrected chi connectivity index (χ0v) is 16.2. The standard InChI is InChI=1S/C22H27NO3/c1-14-7-9-19-17(10-14)18(12-22(4,5)26-19)23-21(24)13-25-20-11-15(2)6-8-16(20)3/h6-11,18H,12-13H2,1-5H3,(H,23,24). The highest BCUT2D eigenvalue weighted by atomic mass is 16.5. The fraction of sp³-hybridized carbons (Fsp3) is 0.409. The largest absolute Gasteiger partial charge is 0.487 e. The molecule has 1 atom stereocenters. The first-order valence-corrected chi connectivity index (χ1v) is 9.02. The average Bonchev–Trinajstić information content (AvgIpc) is 2.55. The summed E-state index contributed by atoms with van der Waals surface area (Å²) in [5.41, 5.74) is 3.99. The molecule has 0 saturated heterocycles. The highest BCUT2D eigenvalue weighted by Crippen LogP contribution is 2.39. The van der Waals surface area contributed by atoms with Crippen LogP contribution in [0.1, 0.15) is 48.6 Å². The van der Waals surface area contributed by atoms with Crippen LogP contribution in [0.25, 0.3) is 0 Å². The molecule has 3 rings (SSSR count). The molecule has 2 aromatic carbocycles. The Morgan fingerprint density at radius 1 is 1.15 bits per heavy atom. The minimum Gasteiger partial charge on any atom is -0.487 e. The van der Waals surface area contributed by atoms with E-state index < -0.39 is 0 Å². The van der Waals surface area contributed by atoms with Crippen molar-refractivity contribution in [2.75, 3.05) is 6.61 Å². The van der Waals surface area contributed by atoms with Gasteiger partial charge in [0, 0.05) is 12.0 Å². The fourth-order valence-corrected chi connectivity index (χ4v) is 3.34. The van der Waals surface area contributed by atoms with E-state index >= 15 is 0 Å². The van der Waals surface area contributed by atoms with Crippen molar-refractivity contribution in [3.63, 3.8) is 0 Å². The molecular weight excluding hydrogens is 326 g/mol. The third-order valence-corrected chi connectivity index (χ3v) is 4.66. The second-order valence-electron chi connectivity index (χ2n) is 7.78. The Labute approximate surface area is 155 Å². The summed E-state index contributed by atoms with van der Waals surface area (Å²) in [7, 11) is 0. The summed E-state index contributed by atoms with van der Waals surface area (Å²) in [5.74, 6) is 1.47. The van der Waals surface area contributed by atoms with E-state index in [-0.39, 0.29) is 24.2 Å². The Balaban J connectivity index is 1.71. The van der Waals surface area contributed by atoms with Gasteiger partial charge in [-0.25, -0.2) is 0 Å². The molecule has 0 fully saturated rings. The number of carbonyl (C=O) groups is 1. The SMILES string of the molecule is Cc1ccc(C)c(OCC(=O)NC2CC(C)(C)Oc3ccc(C)cc32)c1. The molecule has 1 heterocycles. The molecule has 1 N–H and O–H groups in total. The highest BCUT2D eigenvalue weighted by molar-refractivity contribution is 5.78. The van der Waals surface area contributed by atoms with Gasteiger partial charge >= 0.3 is 0 Å². The Kier molecular flexibility index (Phi) is 4.94. The number of carbonyl (C=O) groups excluding carboxylic acids is 1. The number of hydrogen-bond donors (Lipinski definition) is 1. The van der Waals surface area contributed by atoms with Crippen LogP contribution in [-0.2, 0) is 4.79 Å². The van der Waals surface area contributed by atoms with Crippen molar-refractivity contribution in [2.24, 2.45) is 0 Å². The van der Waals surface area contributed by atoms with E-state index in [2.05, 4.69) is 11.4 Å². The zero-order chi connectivity index (χ0) is 18.9. The van der Waals surface area contributed by atoms with E-state index in [9.17, 15) is 4.79 Å². The third kappa shape index (κ3) is 4.18. The lowest BCUT2D eigenvalue weighted by Gasteiger charge is -2.38. The summed E-state index contributed by atoms with van der Waals surface area (Å²) in [5, 5.41) is 3.12. The van der Waals surface area contributed by atoms with Crippen molar-refractivity contribution in [3.8, 4) is 11.5 Å². The first-order chi connectivity index (χ1) is 12.2. The van der Waals surface area contributed by atoms with Crippen LogP contribution in [0.5, 0.6) is 11.5 Å². The van der Waals surface area contributed by atoms with Gasteiger partial charge in [-0.3, -0.25) is 4.79 Å². The van der Waals surface area contributed by atoms with Gasteiger partial charge in [-0.1, -0.05) is 29.8 Å². The van der Waals surface area contributed by atoms with Gasteiger partial charge in [0.1, 0.15) is 17.1 Å². The van der Waals surface area contributed by atoms with Crippen LogP contribution in [0.4, 0.5) is 0 Å². The van der Waals surface area contributed by atoms with Gasteiger partial charge in [-0.2, -0.15) is 0 Å². The number of benzene rings is 2. The molecule has 0 aliphatic carbocycles. The van der Waals surface area contributed by atoms with Crippen LogP contribution < -0.4 is 14.8 Å². The van der Waals surface area contributed by atoms with Crippen molar-refractivity contribution in [2.45, 2.75) is 52.7 Å². The molecule has 0 radical (unpaired) electrons. The first kappa shape index (κ1) is 18.3. The Bertz CT molecular complexity index is 826. The summed E-state index contributed by atoms with van der Waals surface area (Å²) in [4.78, 5) is 12.5. The molecule has 2 aromatic rings. The fourth-order valence-electron chi connectivity index (χ4n) is 3.34. The highest BCUT2D eigenvalue weighted by Gasteiger charge is 2.34. The molecule has 0 spiro atoms. The van der Waals surface area contributed by atoms with Crippen LogP contribution in [0, 0.1) is 20.8 Å². The number of nitrogens with one attached hydrogen (secondary N) is 1. The lowest BCUT2D eigenvalue weighted by atomic mass is 9.89. The topological polar surface area (TPSA) is 47.6 Å². The quantitative estimate of drug-likeness (QED) is 0.886. The third-order valence-electron chi connectivity index (χ3n) is 4.66. The van der Waals surface area contributed by atoms with E-state index in [1.165, 1.54) is 0 Å². The molecule has 4 heteroatoms. The first-order valence-electron chi connectivity index (χ1n) is 9.02. The van der Waals surface area contributed by atoms with Crippen molar-refractivity contribution >= 4 is 5.91 Å². The molecule has 1 aliphatic heterocycles. The summed E-state index contributed by atoms with van der Waals surface area (Å²) >= 11 is 0. The second kappa shape index (κ2) is 7.02. The average molecular weight is 353 g/mol. The van der Waals surface area contributed by atoms with Crippen LogP contribution in [0.15, 0.2) is 36.4 Å². The molecule has 1 aliphatic rings. The van der Waals surface area contributed by atoms with Crippen molar-refractivity contribution in [1.29, 1.82) is 0 Å². The number of fused-ring (bicyclic) bond motifs is 1. The van der Waals surface area contributed by atoms with Gasteiger partial charge in [-0.05, 0) is 57.9 Å². The maximum Gasteiger partial charge on any atom is 0.258 e. The van der Waals surface area contributed by atoms with Gasteiger partial charge in [-0.15, -0.1) is 0 Å². The molecular formula is C22H27NO3. The molecule has 0 bridgehead atoms. The van der Waals surface area contributed by atoms with Gasteiger partial charge in [0.15, 0.2) is 6.61 Å². The monoisotopic (exact) mass is 353 g/mol. The lowest BCUT2D eigenvalue weighted by molar-refractivity contribution is -0.124. The van der Waals surface area contributed by atoms with Gasteiger partial charge in [0.2, 0.25) is 0 Å². The Morgan fingerprint density at radius 3 is 2.62 bits per heavy atom. The number of ether oxygens (including phenoxy) is 2. The normalized spacial score (nSPS) is 17.8. The molecule has 138 valence electrons. The molecule has 0 aromatic heterocycles. The maximum absolute atomic E-state index is 12.5. The molecule has 0 saturated carbocycles. The van der Waals surface area contributed by atoms with E-state index in [1.54, 1.807) is 0 Å². The number of rotatable bonds is 4. The van der Waals surface area contributed by atoms with E-state index in [0.29, 0.717) is 0 Å². The van der Waals surface area contributed by atoms with Gasteiger partial charge in [0.05, 0.1) is 6.04 Å². The minimum absolute atomic E-state index is 0.00320. The van der Waals surface area contributed by atoms with Gasteiger partial charge in [0.25, 0.3) is 5.91 Å². The van der Waals surface area contributed by atoms with Crippen molar-refractivity contribution in [3.05, 3.63) is 58.7 Å².